The van der Waals surface area contributed by atoms with Crippen molar-refractivity contribution in [3.8, 4) is 11.3 Å². The van der Waals surface area contributed by atoms with E-state index in [1.165, 1.54) is 79.6 Å². The highest BCUT2D eigenvalue weighted by atomic mass is 35.5. The molecule has 2 fully saturated rings. The van der Waals surface area contributed by atoms with Crippen LogP contribution in [-0.4, -0.2) is 31.4 Å². The van der Waals surface area contributed by atoms with E-state index in [2.05, 4.69) is 32.0 Å². The quantitative estimate of drug-likeness (QED) is 0.237. The molecule has 1 aromatic heterocycles. The summed E-state index contributed by atoms with van der Waals surface area (Å²) in [6, 6.07) is 10.7. The van der Waals surface area contributed by atoms with Crippen LogP contribution in [0.1, 0.15) is 111 Å². The Hall–Kier alpha value is -2.97. The molecule has 0 radical (unpaired) electrons. The van der Waals surface area contributed by atoms with Crippen molar-refractivity contribution in [1.82, 2.24) is 4.98 Å². The van der Waals surface area contributed by atoms with Crippen molar-refractivity contribution in [2.45, 2.75) is 109 Å². The van der Waals surface area contributed by atoms with Gasteiger partial charge in [0.2, 0.25) is 0 Å². The van der Waals surface area contributed by atoms with Crippen LogP contribution in [0.4, 0.5) is 0 Å². The number of hydrogen-bond acceptors (Lipinski definition) is 7. The second kappa shape index (κ2) is 14.9. The molecule has 2 saturated carbocycles. The van der Waals surface area contributed by atoms with Crippen molar-refractivity contribution in [3.05, 3.63) is 69.7 Å². The van der Waals surface area contributed by atoms with E-state index in [0.717, 1.165) is 50.0 Å². The number of halogens is 1. The molecule has 9 heteroatoms. The van der Waals surface area contributed by atoms with Crippen LogP contribution in [-0.2, 0) is 24.2 Å². The number of rotatable bonds is 7. The standard InChI is InChI=1S/C18H23NO.C17H21ClO5S/c1-12-9-10-16(13(2)11-12)18-17(19-14(3)20-18)15-7-5-4-6-8-15;1-11(19)23-17(16(20)12-6-4-3-5-7-12)14-9-8-13(10-15(14)18)24(2,21)22/h9-11,15H,4-8H2,1-3H3;8-10,12,17H,3-7H2,1-2H3. The number of oxazole rings is 1. The normalized spacial score (nSPS) is 17.0. The van der Waals surface area contributed by atoms with Gasteiger partial charge in [0.25, 0.3) is 0 Å². The Morgan fingerprint density at radius 2 is 1.57 bits per heavy atom. The summed E-state index contributed by atoms with van der Waals surface area (Å²) < 4.78 is 34.4. The maximum absolute atomic E-state index is 12.8. The molecule has 5 rings (SSSR count). The minimum absolute atomic E-state index is 0.0583. The number of carbonyl (C=O) groups excluding carboxylic acids is 2. The lowest BCUT2D eigenvalue weighted by molar-refractivity contribution is -0.155. The smallest absolute Gasteiger partial charge is 0.303 e. The molecule has 0 aliphatic heterocycles. The molecular weight excluding hydrogens is 598 g/mol. The van der Waals surface area contributed by atoms with Gasteiger partial charge in [-0.15, -0.1) is 0 Å². The van der Waals surface area contributed by atoms with E-state index >= 15 is 0 Å². The zero-order valence-electron chi connectivity index (χ0n) is 26.5. The minimum atomic E-state index is -3.41. The van der Waals surface area contributed by atoms with Gasteiger partial charge in [-0.25, -0.2) is 13.4 Å². The molecular formula is C35H44ClNO6S. The molecule has 0 spiro atoms. The van der Waals surface area contributed by atoms with Gasteiger partial charge in [0, 0.05) is 48.1 Å². The Labute approximate surface area is 266 Å². The number of esters is 1. The van der Waals surface area contributed by atoms with E-state index in [1.54, 1.807) is 0 Å². The molecule has 44 heavy (non-hydrogen) atoms. The number of carbonyl (C=O) groups is 2. The number of aromatic nitrogens is 1. The van der Waals surface area contributed by atoms with E-state index in [-0.39, 0.29) is 21.6 Å². The second-order valence-electron chi connectivity index (χ2n) is 12.3. The molecule has 0 saturated heterocycles. The van der Waals surface area contributed by atoms with Crippen LogP contribution in [0.25, 0.3) is 11.3 Å². The van der Waals surface area contributed by atoms with E-state index in [4.69, 9.17) is 25.7 Å². The number of Topliss-reactive ketones (excluding diaryl/α,β-unsaturated/α-hetero) is 1. The van der Waals surface area contributed by atoms with E-state index in [1.807, 2.05) is 6.92 Å². The van der Waals surface area contributed by atoms with E-state index in [9.17, 15) is 18.0 Å². The zero-order valence-corrected chi connectivity index (χ0v) is 28.0. The summed E-state index contributed by atoms with van der Waals surface area (Å²) in [4.78, 5) is 29.0. The molecule has 2 aliphatic carbocycles. The fraction of sp³-hybridized carbons (Fsp3) is 0.514. The fourth-order valence-corrected chi connectivity index (χ4v) is 7.34. The Balaban J connectivity index is 0.000000204. The van der Waals surface area contributed by atoms with Crippen LogP contribution in [0.5, 0.6) is 0 Å². The molecule has 3 aromatic rings. The molecule has 238 valence electrons. The molecule has 1 atom stereocenters. The highest BCUT2D eigenvalue weighted by Crippen LogP contribution is 2.39. The predicted molar refractivity (Wildman–Crippen MR) is 173 cm³/mol. The van der Waals surface area contributed by atoms with Crippen molar-refractivity contribution >= 4 is 33.2 Å². The van der Waals surface area contributed by atoms with E-state index in [0.29, 0.717) is 11.5 Å². The first-order valence-electron chi connectivity index (χ1n) is 15.6. The fourth-order valence-electron chi connectivity index (χ4n) is 6.35. The average molecular weight is 642 g/mol. The first-order chi connectivity index (χ1) is 20.8. The largest absolute Gasteiger partial charge is 0.450 e. The first kappa shape index (κ1) is 33.9. The van der Waals surface area contributed by atoms with Crippen molar-refractivity contribution in [1.29, 1.82) is 0 Å². The molecule has 0 amide bonds. The van der Waals surface area contributed by atoms with Gasteiger partial charge >= 0.3 is 5.97 Å². The van der Waals surface area contributed by atoms with Gasteiger partial charge in [-0.1, -0.05) is 80.0 Å². The van der Waals surface area contributed by atoms with Crippen LogP contribution < -0.4 is 0 Å². The number of aryl methyl sites for hydroxylation is 3. The average Bonchev–Trinajstić information content (AvgIpc) is 3.37. The summed E-state index contributed by atoms with van der Waals surface area (Å²) in [5, 5.41) is 0.105. The minimum Gasteiger partial charge on any atom is -0.450 e. The van der Waals surface area contributed by atoms with Gasteiger partial charge in [-0.2, -0.15) is 0 Å². The third-order valence-electron chi connectivity index (χ3n) is 8.61. The highest BCUT2D eigenvalue weighted by Gasteiger charge is 2.33. The molecule has 2 aliphatic rings. The Morgan fingerprint density at radius 3 is 2.14 bits per heavy atom. The molecule has 1 heterocycles. The summed E-state index contributed by atoms with van der Waals surface area (Å²) in [7, 11) is -3.41. The van der Waals surface area contributed by atoms with Crippen LogP contribution in [0.3, 0.4) is 0 Å². The van der Waals surface area contributed by atoms with Crippen molar-refractivity contribution in [3.63, 3.8) is 0 Å². The lowest BCUT2D eigenvalue weighted by Crippen LogP contribution is -2.27. The van der Waals surface area contributed by atoms with Gasteiger partial charge in [-0.3, -0.25) is 9.59 Å². The molecule has 0 N–H and O–H groups in total. The molecule has 2 aromatic carbocycles. The topological polar surface area (TPSA) is 104 Å². The Kier molecular flexibility index (Phi) is 11.5. The maximum Gasteiger partial charge on any atom is 0.303 e. The number of ether oxygens (including phenoxy) is 1. The van der Waals surface area contributed by atoms with Crippen LogP contribution in [0.2, 0.25) is 5.02 Å². The monoisotopic (exact) mass is 641 g/mol. The molecule has 1 unspecified atom stereocenters. The highest BCUT2D eigenvalue weighted by molar-refractivity contribution is 7.90. The van der Waals surface area contributed by atoms with Gasteiger partial charge in [0.15, 0.2) is 33.4 Å². The SMILES string of the molecule is CC(=O)OC(C(=O)C1CCCCC1)c1ccc(S(C)(=O)=O)cc1Cl.Cc1ccc(-c2oc(C)nc2C2CCCCC2)c(C)c1. The summed E-state index contributed by atoms with van der Waals surface area (Å²) in [6.07, 6.45) is 11.1. The van der Waals surface area contributed by atoms with Crippen molar-refractivity contribution < 1.29 is 27.2 Å². The Bertz CT molecular complexity index is 1580. The molecule has 7 nitrogen and oxygen atoms in total. The third-order valence-corrected chi connectivity index (χ3v) is 10.0. The van der Waals surface area contributed by atoms with Gasteiger partial charge in [0.05, 0.1) is 10.6 Å². The van der Waals surface area contributed by atoms with Gasteiger partial charge in [0.1, 0.15) is 0 Å². The van der Waals surface area contributed by atoms with Crippen LogP contribution in [0.15, 0.2) is 45.7 Å². The van der Waals surface area contributed by atoms with Crippen LogP contribution >= 0.6 is 11.6 Å². The zero-order chi connectivity index (χ0) is 32.0. The number of sulfone groups is 1. The third kappa shape index (κ3) is 8.60. The van der Waals surface area contributed by atoms with Gasteiger partial charge in [-0.05, 0) is 57.2 Å². The van der Waals surface area contributed by atoms with E-state index < -0.39 is 21.9 Å². The summed E-state index contributed by atoms with van der Waals surface area (Å²) in [5.74, 6) is 1.48. The second-order valence-corrected chi connectivity index (χ2v) is 14.7. The number of ketones is 1. The number of benzene rings is 2. The number of nitrogens with zero attached hydrogens (tertiary/aromatic N) is 1. The van der Waals surface area contributed by atoms with Gasteiger partial charge < -0.3 is 9.15 Å². The predicted octanol–water partition coefficient (Wildman–Crippen LogP) is 8.81. The summed E-state index contributed by atoms with van der Waals surface area (Å²) >= 11 is 6.19. The maximum atomic E-state index is 12.8. The lowest BCUT2D eigenvalue weighted by atomic mass is 9.83. The summed E-state index contributed by atoms with van der Waals surface area (Å²) in [5.41, 5.74) is 5.29. The van der Waals surface area contributed by atoms with Crippen molar-refractivity contribution in [2.24, 2.45) is 5.92 Å². The Morgan fingerprint density at radius 1 is 0.932 bits per heavy atom. The summed E-state index contributed by atoms with van der Waals surface area (Å²) in [6.45, 7) is 7.48. The molecule has 0 bridgehead atoms. The van der Waals surface area contributed by atoms with Crippen LogP contribution in [0, 0.1) is 26.7 Å². The number of hydrogen-bond donors (Lipinski definition) is 0. The van der Waals surface area contributed by atoms with Crippen molar-refractivity contribution in [2.75, 3.05) is 6.26 Å². The first-order valence-corrected chi connectivity index (χ1v) is 17.9. The lowest BCUT2D eigenvalue weighted by Gasteiger charge is -2.25.